The topological polar surface area (TPSA) is 82.3 Å². The molecule has 1 aromatic carbocycles. The minimum Gasteiger partial charge on any atom is -0.497 e. The number of halogens is 1. The second-order valence-electron chi connectivity index (χ2n) is 3.28. The van der Waals surface area contributed by atoms with Gasteiger partial charge in [-0.15, -0.1) is 5.10 Å². The van der Waals surface area contributed by atoms with Crippen LogP contribution in [0.15, 0.2) is 22.7 Å². The Morgan fingerprint density at radius 1 is 1.50 bits per heavy atom. The third-order valence-corrected chi connectivity index (χ3v) is 3.51. The van der Waals surface area contributed by atoms with Crippen LogP contribution in [0.2, 0.25) is 0 Å². The fraction of sp³-hybridized carbons (Fsp3) is 0.200. The van der Waals surface area contributed by atoms with Crippen molar-refractivity contribution >= 4 is 32.5 Å². The number of methoxy groups -OCH3 is 1. The average molecular weight is 331 g/mol. The first-order valence-corrected chi connectivity index (χ1v) is 6.55. The predicted molar refractivity (Wildman–Crippen MR) is 72.7 cm³/mol. The lowest BCUT2D eigenvalue weighted by molar-refractivity contribution is 0.299. The average Bonchev–Trinajstić information content (AvgIpc) is 2.84. The van der Waals surface area contributed by atoms with Gasteiger partial charge in [0.15, 0.2) is 5.00 Å². The van der Waals surface area contributed by atoms with Crippen LogP contribution in [-0.2, 0) is 6.61 Å². The molecule has 0 aliphatic carbocycles. The summed E-state index contributed by atoms with van der Waals surface area (Å²) in [6.07, 6.45) is 0. The Hall–Kier alpha value is -1.38. The summed E-state index contributed by atoms with van der Waals surface area (Å²) in [5.41, 5.74) is 3.20. The molecule has 96 valence electrons. The number of anilines is 1. The summed E-state index contributed by atoms with van der Waals surface area (Å²) in [5.74, 6) is 6.79. The van der Waals surface area contributed by atoms with Crippen LogP contribution < -0.4 is 20.7 Å². The highest BCUT2D eigenvalue weighted by atomic mass is 79.9. The van der Waals surface area contributed by atoms with E-state index in [0.29, 0.717) is 23.1 Å². The molecule has 0 unspecified atom stereocenters. The van der Waals surface area contributed by atoms with Crippen LogP contribution in [0, 0.1) is 0 Å². The summed E-state index contributed by atoms with van der Waals surface area (Å²) in [7, 11) is 1.61. The first-order chi connectivity index (χ1) is 8.74. The molecule has 0 aliphatic heterocycles. The molecule has 0 saturated heterocycles. The molecular formula is C10H11BrN4O2S. The lowest BCUT2D eigenvalue weighted by atomic mass is 10.3. The largest absolute Gasteiger partial charge is 0.497 e. The smallest absolute Gasteiger partial charge is 0.150 e. The number of hydrogen-bond acceptors (Lipinski definition) is 7. The van der Waals surface area contributed by atoms with Crippen LogP contribution in [0.3, 0.4) is 0 Å². The molecule has 2 aromatic rings. The van der Waals surface area contributed by atoms with Crippen molar-refractivity contribution in [1.82, 2.24) is 9.59 Å². The minimum atomic E-state index is 0.293. The molecule has 0 fully saturated rings. The molecule has 0 atom stereocenters. The van der Waals surface area contributed by atoms with Gasteiger partial charge in [0.05, 0.1) is 11.6 Å². The highest BCUT2D eigenvalue weighted by Gasteiger charge is 2.09. The number of ether oxygens (including phenoxy) is 2. The number of hydrazine groups is 1. The maximum atomic E-state index is 5.63. The summed E-state index contributed by atoms with van der Waals surface area (Å²) >= 11 is 4.60. The van der Waals surface area contributed by atoms with Crippen LogP contribution >= 0.6 is 27.5 Å². The Morgan fingerprint density at radius 3 is 3.00 bits per heavy atom. The lowest BCUT2D eigenvalue weighted by Gasteiger charge is -2.08. The summed E-state index contributed by atoms with van der Waals surface area (Å²) in [4.78, 5) is 0. The van der Waals surface area contributed by atoms with Gasteiger partial charge >= 0.3 is 0 Å². The van der Waals surface area contributed by atoms with Gasteiger partial charge in [0.25, 0.3) is 0 Å². The molecule has 0 bridgehead atoms. The van der Waals surface area contributed by atoms with Crippen molar-refractivity contribution in [3.05, 3.63) is 28.4 Å². The molecule has 0 radical (unpaired) electrons. The van der Waals surface area contributed by atoms with Gasteiger partial charge in [0.2, 0.25) is 0 Å². The number of benzene rings is 1. The Bertz CT molecular complexity index is 534. The number of nitrogens with one attached hydrogen (secondary N) is 1. The molecular weight excluding hydrogens is 320 g/mol. The monoisotopic (exact) mass is 330 g/mol. The Balaban J connectivity index is 2.06. The summed E-state index contributed by atoms with van der Waals surface area (Å²) in [6, 6.07) is 5.47. The van der Waals surface area contributed by atoms with Gasteiger partial charge in [-0.3, -0.25) is 0 Å². The van der Waals surface area contributed by atoms with E-state index < -0.39 is 0 Å². The van der Waals surface area contributed by atoms with Gasteiger partial charge in [-0.1, -0.05) is 4.49 Å². The molecule has 0 aliphatic rings. The summed E-state index contributed by atoms with van der Waals surface area (Å²) in [5, 5.41) is 4.62. The number of nitrogens with zero attached hydrogens (tertiary/aromatic N) is 2. The zero-order valence-electron chi connectivity index (χ0n) is 9.51. The standard InChI is InChI=1S/C10H11BrN4O2S/c1-16-6-2-3-9(7(11)4-6)17-5-8-10(13-12)18-15-14-8/h2-4,13H,5,12H2,1H3. The molecule has 18 heavy (non-hydrogen) atoms. The molecule has 0 spiro atoms. The Kier molecular flexibility index (Phi) is 4.34. The first-order valence-electron chi connectivity index (χ1n) is 4.98. The second kappa shape index (κ2) is 5.98. The molecule has 1 aromatic heterocycles. The zero-order valence-corrected chi connectivity index (χ0v) is 11.9. The van der Waals surface area contributed by atoms with E-state index in [1.54, 1.807) is 7.11 Å². The van der Waals surface area contributed by atoms with E-state index in [2.05, 4.69) is 30.9 Å². The molecule has 1 heterocycles. The molecule has 2 rings (SSSR count). The number of nitrogens with two attached hydrogens (primary N) is 1. The molecule has 0 saturated carbocycles. The van der Waals surface area contributed by atoms with E-state index in [-0.39, 0.29) is 0 Å². The fourth-order valence-corrected chi connectivity index (χ4v) is 2.24. The number of aromatic nitrogens is 2. The highest BCUT2D eigenvalue weighted by Crippen LogP contribution is 2.30. The number of rotatable bonds is 5. The predicted octanol–water partition coefficient (Wildman–Crippen LogP) is 2.17. The van der Waals surface area contributed by atoms with Crippen LogP contribution in [0.5, 0.6) is 11.5 Å². The lowest BCUT2D eigenvalue weighted by Crippen LogP contribution is -2.08. The van der Waals surface area contributed by atoms with Gasteiger partial charge in [-0.25, -0.2) is 5.84 Å². The van der Waals surface area contributed by atoms with Gasteiger partial charge in [-0.2, -0.15) is 0 Å². The van der Waals surface area contributed by atoms with Crippen LogP contribution in [-0.4, -0.2) is 16.7 Å². The van der Waals surface area contributed by atoms with E-state index in [0.717, 1.165) is 10.2 Å². The third-order valence-electron chi connectivity index (χ3n) is 2.19. The maximum absolute atomic E-state index is 5.63. The van der Waals surface area contributed by atoms with E-state index in [9.17, 15) is 0 Å². The molecule has 8 heteroatoms. The Morgan fingerprint density at radius 2 is 2.33 bits per heavy atom. The molecule has 0 amide bonds. The van der Waals surface area contributed by atoms with E-state index >= 15 is 0 Å². The zero-order chi connectivity index (χ0) is 13.0. The van der Waals surface area contributed by atoms with Crippen LogP contribution in [0.4, 0.5) is 5.00 Å². The minimum absolute atomic E-state index is 0.293. The van der Waals surface area contributed by atoms with Crippen molar-refractivity contribution in [2.75, 3.05) is 12.5 Å². The Labute approximate surface area is 116 Å². The van der Waals surface area contributed by atoms with Crippen molar-refractivity contribution in [3.8, 4) is 11.5 Å². The van der Waals surface area contributed by atoms with Crippen molar-refractivity contribution in [1.29, 1.82) is 0 Å². The normalized spacial score (nSPS) is 10.2. The summed E-state index contributed by atoms with van der Waals surface area (Å²) < 4.78 is 15.3. The summed E-state index contributed by atoms with van der Waals surface area (Å²) in [6.45, 7) is 0.293. The quantitative estimate of drug-likeness (QED) is 0.645. The first kappa shape index (κ1) is 13.1. The van der Waals surface area contributed by atoms with E-state index in [1.165, 1.54) is 11.5 Å². The number of nitrogen functional groups attached to an aromatic ring is 1. The van der Waals surface area contributed by atoms with E-state index in [1.807, 2.05) is 18.2 Å². The number of hydrogen-bond donors (Lipinski definition) is 2. The maximum Gasteiger partial charge on any atom is 0.150 e. The van der Waals surface area contributed by atoms with Gasteiger partial charge in [-0.05, 0) is 34.1 Å². The highest BCUT2D eigenvalue weighted by molar-refractivity contribution is 9.10. The second-order valence-corrected chi connectivity index (χ2v) is 4.89. The van der Waals surface area contributed by atoms with Crippen molar-refractivity contribution < 1.29 is 9.47 Å². The van der Waals surface area contributed by atoms with E-state index in [4.69, 9.17) is 15.3 Å². The van der Waals surface area contributed by atoms with Gasteiger partial charge in [0, 0.05) is 11.5 Å². The third kappa shape index (κ3) is 2.89. The fourth-order valence-electron chi connectivity index (χ4n) is 1.28. The van der Waals surface area contributed by atoms with Crippen LogP contribution in [0.1, 0.15) is 5.69 Å². The van der Waals surface area contributed by atoms with Crippen molar-refractivity contribution in [2.45, 2.75) is 6.61 Å². The van der Waals surface area contributed by atoms with Crippen LogP contribution in [0.25, 0.3) is 0 Å². The molecule has 6 nitrogen and oxygen atoms in total. The van der Waals surface area contributed by atoms with Gasteiger partial charge in [0.1, 0.15) is 23.8 Å². The van der Waals surface area contributed by atoms with Crippen molar-refractivity contribution in [2.24, 2.45) is 5.84 Å². The molecule has 3 N–H and O–H groups in total. The van der Waals surface area contributed by atoms with Crippen molar-refractivity contribution in [3.63, 3.8) is 0 Å². The van der Waals surface area contributed by atoms with Gasteiger partial charge < -0.3 is 14.9 Å². The SMILES string of the molecule is COc1ccc(OCc2nnsc2NN)c(Br)c1.